The van der Waals surface area contributed by atoms with Crippen molar-refractivity contribution in [3.05, 3.63) is 24.3 Å². The Morgan fingerprint density at radius 2 is 1.91 bits per heavy atom. The monoisotopic (exact) mass is 332 g/mol. The number of aliphatic carboxylic acids is 1. The molecule has 0 aliphatic rings. The van der Waals surface area contributed by atoms with Crippen LogP contribution >= 0.6 is 12.4 Å². The molecule has 0 aliphatic heterocycles. The fourth-order valence-corrected chi connectivity index (χ4v) is 1.60. The Balaban J connectivity index is 0.00000441. The molecule has 22 heavy (non-hydrogen) atoms. The van der Waals surface area contributed by atoms with Crippen LogP contribution in [0.4, 0.5) is 0 Å². The Morgan fingerprint density at radius 1 is 1.27 bits per heavy atom. The van der Waals surface area contributed by atoms with E-state index >= 15 is 0 Å². The fraction of sp³-hybridized carbons (Fsp3) is 0.429. The second kappa shape index (κ2) is 10.7. The number of rotatable bonds is 9. The zero-order chi connectivity index (χ0) is 15.7. The average molecular weight is 333 g/mol. The molecule has 1 aromatic rings. The molecule has 0 saturated carbocycles. The van der Waals surface area contributed by atoms with Gasteiger partial charge in [-0.05, 0) is 19.2 Å². The number of carbonyl (C=O) groups is 2. The van der Waals surface area contributed by atoms with Gasteiger partial charge in [-0.1, -0.05) is 12.1 Å². The first-order chi connectivity index (χ1) is 10.0. The van der Waals surface area contributed by atoms with Crippen molar-refractivity contribution in [1.29, 1.82) is 0 Å². The molecular formula is C14H21ClN2O5. The minimum Gasteiger partial charge on any atom is -0.493 e. The molecule has 0 unspecified atom stereocenters. The highest BCUT2D eigenvalue weighted by atomic mass is 35.5. The number of carbonyl (C=O) groups excluding carboxylic acids is 1. The maximum Gasteiger partial charge on any atom is 0.322 e. The van der Waals surface area contributed by atoms with E-state index in [1.54, 1.807) is 31.2 Å². The molecule has 0 fully saturated rings. The van der Waals surface area contributed by atoms with E-state index < -0.39 is 5.97 Å². The quantitative estimate of drug-likeness (QED) is 0.689. The van der Waals surface area contributed by atoms with Crippen LogP contribution in [0.2, 0.25) is 0 Å². The van der Waals surface area contributed by atoms with Gasteiger partial charge in [-0.3, -0.25) is 14.5 Å². The first-order valence-corrected chi connectivity index (χ1v) is 6.45. The Labute approximate surface area is 135 Å². The minimum atomic E-state index is -1.06. The highest BCUT2D eigenvalue weighted by Crippen LogP contribution is 2.25. The minimum absolute atomic E-state index is 0. The summed E-state index contributed by atoms with van der Waals surface area (Å²) in [5.41, 5.74) is 0. The molecule has 0 atom stereocenters. The van der Waals surface area contributed by atoms with Gasteiger partial charge in [-0.15, -0.1) is 12.4 Å². The molecular weight excluding hydrogens is 312 g/mol. The molecule has 0 radical (unpaired) electrons. The van der Waals surface area contributed by atoms with Crippen LogP contribution in [0.15, 0.2) is 24.3 Å². The predicted molar refractivity (Wildman–Crippen MR) is 83.9 cm³/mol. The van der Waals surface area contributed by atoms with Crippen LogP contribution in [0.3, 0.4) is 0 Å². The van der Waals surface area contributed by atoms with E-state index in [0.717, 1.165) is 0 Å². The Bertz CT molecular complexity index is 484. The van der Waals surface area contributed by atoms with Gasteiger partial charge in [0.25, 0.3) is 0 Å². The lowest BCUT2D eigenvalue weighted by molar-refractivity contribution is -0.138. The SMILES string of the molecule is COc1ccccc1OCCN(C)CC(=O)NCC(=O)O.Cl. The summed E-state index contributed by atoms with van der Waals surface area (Å²) in [4.78, 5) is 23.5. The molecule has 2 N–H and O–H groups in total. The van der Waals surface area contributed by atoms with Crippen molar-refractivity contribution in [2.24, 2.45) is 0 Å². The number of halogens is 1. The number of carboxylic acid groups (broad SMARTS) is 1. The van der Waals surface area contributed by atoms with Gasteiger partial charge >= 0.3 is 5.97 Å². The number of methoxy groups -OCH3 is 1. The third-order valence-electron chi connectivity index (χ3n) is 2.65. The third kappa shape index (κ3) is 7.70. The molecule has 0 bridgehead atoms. The first kappa shape index (κ1) is 20.0. The van der Waals surface area contributed by atoms with Crippen molar-refractivity contribution < 1.29 is 24.2 Å². The van der Waals surface area contributed by atoms with Crippen molar-refractivity contribution in [1.82, 2.24) is 10.2 Å². The number of hydrogen-bond acceptors (Lipinski definition) is 5. The number of carboxylic acids is 1. The second-order valence-electron chi connectivity index (χ2n) is 4.41. The molecule has 1 aromatic carbocycles. The smallest absolute Gasteiger partial charge is 0.322 e. The highest BCUT2D eigenvalue weighted by Gasteiger charge is 2.08. The summed E-state index contributed by atoms with van der Waals surface area (Å²) in [6.07, 6.45) is 0. The van der Waals surface area contributed by atoms with E-state index in [9.17, 15) is 9.59 Å². The summed E-state index contributed by atoms with van der Waals surface area (Å²) in [6.45, 7) is 0.661. The molecule has 124 valence electrons. The van der Waals surface area contributed by atoms with Gasteiger partial charge in [0.1, 0.15) is 13.2 Å². The number of hydrogen-bond donors (Lipinski definition) is 2. The highest BCUT2D eigenvalue weighted by molar-refractivity contribution is 5.85. The van der Waals surface area contributed by atoms with Crippen molar-refractivity contribution in [2.75, 3.05) is 40.4 Å². The van der Waals surface area contributed by atoms with Crippen LogP contribution in [0.5, 0.6) is 11.5 Å². The number of amides is 1. The summed E-state index contributed by atoms with van der Waals surface area (Å²) in [5, 5.41) is 10.8. The topological polar surface area (TPSA) is 88.1 Å². The molecule has 0 aromatic heterocycles. The largest absolute Gasteiger partial charge is 0.493 e. The summed E-state index contributed by atoms with van der Waals surface area (Å²) in [6, 6.07) is 7.31. The van der Waals surface area contributed by atoms with Crippen LogP contribution in [0.25, 0.3) is 0 Å². The average Bonchev–Trinajstić information content (AvgIpc) is 2.45. The molecule has 0 spiro atoms. The van der Waals surface area contributed by atoms with Crippen molar-refractivity contribution in [3.63, 3.8) is 0 Å². The van der Waals surface area contributed by atoms with E-state index in [1.165, 1.54) is 0 Å². The van der Waals surface area contributed by atoms with Crippen LogP contribution in [-0.2, 0) is 9.59 Å². The van der Waals surface area contributed by atoms with Crippen LogP contribution in [-0.4, -0.2) is 62.3 Å². The Kier molecular flexibility index (Phi) is 9.73. The van der Waals surface area contributed by atoms with Crippen molar-refractivity contribution in [3.8, 4) is 11.5 Å². The predicted octanol–water partition coefficient (Wildman–Crippen LogP) is 0.628. The summed E-state index contributed by atoms with van der Waals surface area (Å²) in [7, 11) is 3.33. The van der Waals surface area contributed by atoms with Crippen molar-refractivity contribution >= 4 is 24.3 Å². The Hall–Kier alpha value is -1.99. The number of para-hydroxylation sites is 2. The molecule has 7 nitrogen and oxygen atoms in total. The summed E-state index contributed by atoms with van der Waals surface area (Å²) < 4.78 is 10.7. The summed E-state index contributed by atoms with van der Waals surface area (Å²) in [5.74, 6) is -0.106. The van der Waals surface area contributed by atoms with E-state index in [1.807, 2.05) is 12.1 Å². The van der Waals surface area contributed by atoms with Crippen LogP contribution in [0.1, 0.15) is 0 Å². The maximum absolute atomic E-state index is 11.4. The molecule has 0 saturated heterocycles. The second-order valence-corrected chi connectivity index (χ2v) is 4.41. The molecule has 0 heterocycles. The van der Waals surface area contributed by atoms with E-state index in [4.69, 9.17) is 14.6 Å². The zero-order valence-electron chi connectivity index (χ0n) is 12.6. The van der Waals surface area contributed by atoms with E-state index in [2.05, 4.69) is 5.32 Å². The maximum atomic E-state index is 11.4. The van der Waals surface area contributed by atoms with Gasteiger partial charge in [-0.2, -0.15) is 0 Å². The number of nitrogens with one attached hydrogen (secondary N) is 1. The van der Waals surface area contributed by atoms with Crippen LogP contribution < -0.4 is 14.8 Å². The van der Waals surface area contributed by atoms with Gasteiger partial charge in [0, 0.05) is 6.54 Å². The van der Waals surface area contributed by atoms with Crippen molar-refractivity contribution in [2.45, 2.75) is 0 Å². The summed E-state index contributed by atoms with van der Waals surface area (Å²) >= 11 is 0. The lowest BCUT2D eigenvalue weighted by Gasteiger charge is -2.17. The zero-order valence-corrected chi connectivity index (χ0v) is 13.4. The van der Waals surface area contributed by atoms with Gasteiger partial charge < -0.3 is 19.9 Å². The number of ether oxygens (including phenoxy) is 2. The fourth-order valence-electron chi connectivity index (χ4n) is 1.60. The number of benzene rings is 1. The lowest BCUT2D eigenvalue weighted by atomic mass is 10.3. The number of likely N-dealkylation sites (N-methyl/N-ethyl adjacent to an activating group) is 1. The molecule has 0 aliphatic carbocycles. The van der Waals surface area contributed by atoms with Crippen LogP contribution in [0, 0.1) is 0 Å². The lowest BCUT2D eigenvalue weighted by Crippen LogP contribution is -2.38. The standard InChI is InChI=1S/C14H20N2O5.ClH/c1-16(10-13(17)15-9-14(18)19)7-8-21-12-6-4-3-5-11(12)20-2;/h3-6H,7-10H2,1-2H3,(H,15,17)(H,18,19);1H. The van der Waals surface area contributed by atoms with Gasteiger partial charge in [0.2, 0.25) is 5.91 Å². The molecule has 1 rings (SSSR count). The van der Waals surface area contributed by atoms with E-state index in [0.29, 0.717) is 24.7 Å². The first-order valence-electron chi connectivity index (χ1n) is 6.45. The molecule has 1 amide bonds. The normalized spacial score (nSPS) is 9.77. The third-order valence-corrected chi connectivity index (χ3v) is 2.65. The van der Waals surface area contributed by atoms with E-state index in [-0.39, 0.29) is 31.4 Å². The van der Waals surface area contributed by atoms with Gasteiger partial charge in [0.05, 0.1) is 13.7 Å². The number of nitrogens with zero attached hydrogens (tertiary/aromatic N) is 1. The van der Waals surface area contributed by atoms with Gasteiger partial charge in [-0.25, -0.2) is 0 Å². The molecule has 8 heteroatoms. The Morgan fingerprint density at radius 3 is 2.50 bits per heavy atom. The van der Waals surface area contributed by atoms with Gasteiger partial charge in [0.15, 0.2) is 11.5 Å².